The Labute approximate surface area is 232 Å². The number of piperidine rings is 2. The van der Waals surface area contributed by atoms with Crippen molar-refractivity contribution < 1.29 is 18.0 Å². The van der Waals surface area contributed by atoms with Crippen molar-refractivity contribution in [2.75, 3.05) is 50.3 Å². The molecule has 3 heterocycles. The molecule has 0 aromatic heterocycles. The molecule has 1 spiro atoms. The second-order valence-corrected chi connectivity index (χ2v) is 13.5. The van der Waals surface area contributed by atoms with Gasteiger partial charge in [0.05, 0.1) is 11.9 Å². The van der Waals surface area contributed by atoms with E-state index in [1.165, 1.54) is 10.6 Å². The van der Waals surface area contributed by atoms with Crippen molar-refractivity contribution >= 4 is 27.5 Å². The number of fused-ring (bicyclic) bond motifs is 2. The molecule has 9 heteroatoms. The van der Waals surface area contributed by atoms with Crippen molar-refractivity contribution in [3.63, 3.8) is 0 Å². The number of carbonyl (C=O) groups excluding carboxylic acids is 2. The van der Waals surface area contributed by atoms with Gasteiger partial charge in [0.15, 0.2) is 0 Å². The molecule has 2 amide bonds. The van der Waals surface area contributed by atoms with Crippen LogP contribution in [0.1, 0.15) is 43.2 Å². The normalized spacial score (nSPS) is 20.6. The number of likely N-dealkylation sites (tertiary alicyclic amines) is 2. The lowest BCUT2D eigenvalue weighted by Crippen LogP contribution is -2.54. The molecule has 0 unspecified atom stereocenters. The highest BCUT2D eigenvalue weighted by molar-refractivity contribution is 7.92. The summed E-state index contributed by atoms with van der Waals surface area (Å²) in [5.74, 6) is -0.111. The molecule has 3 aliphatic rings. The van der Waals surface area contributed by atoms with Crippen LogP contribution < -0.4 is 9.62 Å². The summed E-state index contributed by atoms with van der Waals surface area (Å²) >= 11 is 0. The molecular formula is C30H40N4O4S. The third kappa shape index (κ3) is 5.99. The number of nitrogens with one attached hydrogen (secondary N) is 1. The molecule has 2 saturated heterocycles. The van der Waals surface area contributed by atoms with E-state index in [-0.39, 0.29) is 23.1 Å². The Morgan fingerprint density at radius 2 is 1.62 bits per heavy atom. The van der Waals surface area contributed by atoms with Gasteiger partial charge in [-0.2, -0.15) is 0 Å². The van der Waals surface area contributed by atoms with Gasteiger partial charge in [-0.1, -0.05) is 48.5 Å². The number of sulfonamides is 1. The van der Waals surface area contributed by atoms with Crippen molar-refractivity contribution in [1.29, 1.82) is 0 Å². The quantitative estimate of drug-likeness (QED) is 0.571. The van der Waals surface area contributed by atoms with Crippen molar-refractivity contribution in [1.82, 2.24) is 15.1 Å². The van der Waals surface area contributed by atoms with Crippen LogP contribution in [-0.4, -0.2) is 82.1 Å². The van der Waals surface area contributed by atoms with Gasteiger partial charge < -0.3 is 15.1 Å². The van der Waals surface area contributed by atoms with Crippen molar-refractivity contribution in [2.24, 2.45) is 5.92 Å². The van der Waals surface area contributed by atoms with Gasteiger partial charge in [-0.15, -0.1) is 0 Å². The van der Waals surface area contributed by atoms with Gasteiger partial charge in [0.2, 0.25) is 21.8 Å². The molecule has 0 saturated carbocycles. The van der Waals surface area contributed by atoms with E-state index >= 15 is 0 Å². The molecule has 1 atom stereocenters. The highest BCUT2D eigenvalue weighted by atomic mass is 32.2. The Kier molecular flexibility index (Phi) is 8.01. The van der Waals surface area contributed by atoms with Crippen molar-refractivity contribution in [3.8, 4) is 0 Å². The molecular weight excluding hydrogens is 512 g/mol. The predicted molar refractivity (Wildman–Crippen MR) is 153 cm³/mol. The number of para-hydroxylation sites is 1. The predicted octanol–water partition coefficient (Wildman–Crippen LogP) is 2.79. The first kappa shape index (κ1) is 27.6. The van der Waals surface area contributed by atoms with Crippen LogP contribution in [-0.2, 0) is 31.4 Å². The van der Waals surface area contributed by atoms with E-state index in [2.05, 4.69) is 29.4 Å². The Bertz CT molecular complexity index is 1280. The van der Waals surface area contributed by atoms with Crippen LogP contribution in [0.4, 0.5) is 5.69 Å². The summed E-state index contributed by atoms with van der Waals surface area (Å²) in [6, 6.07) is 17.2. The van der Waals surface area contributed by atoms with E-state index in [9.17, 15) is 18.0 Å². The number of nitrogens with zero attached hydrogens (tertiary/aromatic N) is 3. The van der Waals surface area contributed by atoms with Gasteiger partial charge in [-0.3, -0.25) is 13.9 Å². The second kappa shape index (κ2) is 11.3. The summed E-state index contributed by atoms with van der Waals surface area (Å²) in [6.07, 6.45) is 5.51. The van der Waals surface area contributed by atoms with Gasteiger partial charge in [0, 0.05) is 31.0 Å². The maximum absolute atomic E-state index is 13.9. The fraction of sp³-hybridized carbons (Fsp3) is 0.533. The van der Waals surface area contributed by atoms with Crippen LogP contribution in [0.15, 0.2) is 54.6 Å². The Morgan fingerprint density at radius 3 is 2.28 bits per heavy atom. The third-order valence-corrected chi connectivity index (χ3v) is 10.0. The fourth-order valence-electron chi connectivity index (χ4n) is 6.46. The minimum atomic E-state index is -3.39. The lowest BCUT2D eigenvalue weighted by atomic mass is 9.74. The standard InChI is InChI=1S/C30H40N4O4S/c1-32-18-14-24(15-19-32)28(35)31-26(13-12-23-8-4-3-5-9-23)29(36)33-20-16-30(17-21-33)22-34(39(2,37)38)27-11-7-6-10-25(27)30/h3-11,24,26H,12-22H2,1-2H3,(H,31,35)/t26-/m1/s1. The zero-order valence-electron chi connectivity index (χ0n) is 23.0. The van der Waals surface area contributed by atoms with Gasteiger partial charge in [0.1, 0.15) is 6.04 Å². The van der Waals surface area contributed by atoms with Crippen LogP contribution in [0.25, 0.3) is 0 Å². The number of hydrogen-bond donors (Lipinski definition) is 1. The smallest absolute Gasteiger partial charge is 0.245 e. The van der Waals surface area contributed by atoms with Gasteiger partial charge in [-0.05, 0) is 75.9 Å². The first-order chi connectivity index (χ1) is 18.7. The molecule has 2 fully saturated rings. The molecule has 1 N–H and O–H groups in total. The topological polar surface area (TPSA) is 90.0 Å². The number of hydrogen-bond acceptors (Lipinski definition) is 5. The molecule has 39 heavy (non-hydrogen) atoms. The maximum Gasteiger partial charge on any atom is 0.245 e. The Balaban J connectivity index is 1.29. The van der Waals surface area contributed by atoms with Gasteiger partial charge >= 0.3 is 0 Å². The number of rotatable bonds is 7. The van der Waals surface area contributed by atoms with E-state index < -0.39 is 16.1 Å². The summed E-state index contributed by atoms with van der Waals surface area (Å²) < 4.78 is 26.6. The number of benzene rings is 2. The molecule has 2 aromatic carbocycles. The second-order valence-electron chi connectivity index (χ2n) is 11.6. The Hall–Kier alpha value is -2.91. The fourth-order valence-corrected chi connectivity index (χ4v) is 7.46. The molecule has 5 rings (SSSR count). The van der Waals surface area contributed by atoms with E-state index in [1.807, 2.05) is 47.4 Å². The van der Waals surface area contributed by atoms with E-state index in [1.54, 1.807) is 0 Å². The maximum atomic E-state index is 13.9. The zero-order valence-corrected chi connectivity index (χ0v) is 23.8. The SMILES string of the molecule is CN1CCC(C(=O)N[C@H](CCc2ccccc2)C(=O)N2CCC3(CC2)CN(S(C)(=O)=O)c2ccccc23)CC1. The third-order valence-electron chi connectivity index (χ3n) is 8.89. The minimum absolute atomic E-state index is 0.0171. The number of aryl methyl sites for hydroxylation is 1. The summed E-state index contributed by atoms with van der Waals surface area (Å²) in [4.78, 5) is 31.2. The van der Waals surface area contributed by atoms with E-state index in [0.29, 0.717) is 45.3 Å². The lowest BCUT2D eigenvalue weighted by molar-refractivity contribution is -0.139. The number of anilines is 1. The summed E-state index contributed by atoms with van der Waals surface area (Å²) in [7, 11) is -1.32. The average molecular weight is 553 g/mol. The van der Waals surface area contributed by atoms with Crippen molar-refractivity contribution in [2.45, 2.75) is 50.0 Å². The van der Waals surface area contributed by atoms with Gasteiger partial charge in [0.25, 0.3) is 0 Å². The molecule has 3 aliphatic heterocycles. The van der Waals surface area contributed by atoms with Crippen molar-refractivity contribution in [3.05, 3.63) is 65.7 Å². The molecule has 0 aliphatic carbocycles. The molecule has 0 radical (unpaired) electrons. The highest BCUT2D eigenvalue weighted by Crippen LogP contribution is 2.47. The largest absolute Gasteiger partial charge is 0.344 e. The van der Waals surface area contributed by atoms with Crippen LogP contribution in [0.5, 0.6) is 0 Å². The first-order valence-corrected chi connectivity index (χ1v) is 15.9. The van der Waals surface area contributed by atoms with Crippen LogP contribution >= 0.6 is 0 Å². The van der Waals surface area contributed by atoms with Crippen LogP contribution in [0, 0.1) is 5.92 Å². The minimum Gasteiger partial charge on any atom is -0.344 e. The molecule has 8 nitrogen and oxygen atoms in total. The van der Waals surface area contributed by atoms with E-state index in [0.717, 1.165) is 42.7 Å². The highest BCUT2D eigenvalue weighted by Gasteiger charge is 2.47. The molecule has 0 bridgehead atoms. The van der Waals surface area contributed by atoms with Gasteiger partial charge in [-0.25, -0.2) is 8.42 Å². The van der Waals surface area contributed by atoms with Crippen LogP contribution in [0.2, 0.25) is 0 Å². The number of amides is 2. The lowest BCUT2D eigenvalue weighted by Gasteiger charge is -2.41. The average Bonchev–Trinajstić information content (AvgIpc) is 3.26. The summed E-state index contributed by atoms with van der Waals surface area (Å²) in [5, 5.41) is 3.14. The molecule has 210 valence electrons. The summed E-state index contributed by atoms with van der Waals surface area (Å²) in [6.45, 7) is 3.27. The summed E-state index contributed by atoms with van der Waals surface area (Å²) in [5.41, 5.74) is 2.65. The van der Waals surface area contributed by atoms with E-state index in [4.69, 9.17) is 0 Å². The first-order valence-electron chi connectivity index (χ1n) is 14.1. The number of carbonyl (C=O) groups is 2. The van der Waals surface area contributed by atoms with Crippen LogP contribution in [0.3, 0.4) is 0 Å². The zero-order chi connectivity index (χ0) is 27.6. The monoisotopic (exact) mass is 552 g/mol. The molecule has 2 aromatic rings. The Morgan fingerprint density at radius 1 is 0.974 bits per heavy atom.